The van der Waals surface area contributed by atoms with Crippen molar-refractivity contribution >= 4 is 11.6 Å². The Bertz CT molecular complexity index is 991. The number of rotatable bonds is 3. The molecule has 2 aromatic carbocycles. The minimum Gasteiger partial charge on any atom is -0.315 e. The summed E-state index contributed by atoms with van der Waals surface area (Å²) in [7, 11) is 0. The Kier molecular flexibility index (Phi) is 4.41. The molecule has 1 unspecified atom stereocenters. The van der Waals surface area contributed by atoms with Gasteiger partial charge in [0.15, 0.2) is 5.69 Å². The van der Waals surface area contributed by atoms with Crippen molar-refractivity contribution in [3.05, 3.63) is 66.0 Å². The molecule has 1 atom stereocenters. The molecule has 1 N–H and O–H groups in total. The van der Waals surface area contributed by atoms with Gasteiger partial charge in [-0.05, 0) is 48.6 Å². The fourth-order valence-electron chi connectivity index (χ4n) is 4.28. The van der Waals surface area contributed by atoms with Crippen LogP contribution in [-0.4, -0.2) is 40.5 Å². The zero-order valence-electron chi connectivity index (χ0n) is 15.7. The molecule has 0 radical (unpaired) electrons. The van der Waals surface area contributed by atoms with Crippen molar-refractivity contribution in [1.29, 1.82) is 0 Å². The predicted octanol–water partition coefficient (Wildman–Crippen LogP) is 3.07. The van der Waals surface area contributed by atoms with Crippen molar-refractivity contribution < 1.29 is 4.79 Å². The molecule has 0 aliphatic carbocycles. The quantitative estimate of drug-likeness (QED) is 0.766. The number of piperidine rings is 1. The van der Waals surface area contributed by atoms with E-state index in [1.165, 1.54) is 16.7 Å². The molecule has 142 valence electrons. The molecule has 1 aromatic heterocycles. The monoisotopic (exact) mass is 373 g/mol. The highest BCUT2D eigenvalue weighted by Gasteiger charge is 2.29. The Morgan fingerprint density at radius 1 is 1.11 bits per heavy atom. The first-order chi connectivity index (χ1) is 13.8. The lowest BCUT2D eigenvalue weighted by molar-refractivity contribution is 0.0984. The lowest BCUT2D eigenvalue weighted by Crippen LogP contribution is -2.32. The van der Waals surface area contributed by atoms with Crippen molar-refractivity contribution in [2.24, 2.45) is 0 Å². The normalized spacial score (nSPS) is 18.9. The topological polar surface area (TPSA) is 63.1 Å². The van der Waals surface area contributed by atoms with Crippen LogP contribution in [0, 0.1) is 0 Å². The molecule has 6 nitrogen and oxygen atoms in total. The fraction of sp³-hybridized carbons (Fsp3) is 0.318. The molecular formula is C22H23N5O. The van der Waals surface area contributed by atoms with E-state index in [1.54, 1.807) is 6.20 Å². The lowest BCUT2D eigenvalue weighted by atomic mass is 9.98. The predicted molar refractivity (Wildman–Crippen MR) is 108 cm³/mol. The summed E-state index contributed by atoms with van der Waals surface area (Å²) in [5, 5.41) is 11.8. The van der Waals surface area contributed by atoms with Crippen molar-refractivity contribution in [2.75, 3.05) is 24.5 Å². The smallest absolute Gasteiger partial charge is 0.280 e. The maximum atomic E-state index is 13.1. The van der Waals surface area contributed by atoms with E-state index in [0.29, 0.717) is 12.2 Å². The van der Waals surface area contributed by atoms with Gasteiger partial charge in [0.2, 0.25) is 0 Å². The Morgan fingerprint density at radius 3 is 2.82 bits per heavy atom. The van der Waals surface area contributed by atoms with Gasteiger partial charge in [-0.2, -0.15) is 0 Å². The van der Waals surface area contributed by atoms with Gasteiger partial charge in [-0.1, -0.05) is 47.7 Å². The van der Waals surface area contributed by atoms with Crippen LogP contribution in [0.4, 0.5) is 5.69 Å². The fourth-order valence-corrected chi connectivity index (χ4v) is 4.28. The standard InChI is InChI=1S/C22H23N5O/c28-22(20-15-27(25-24-20)17-8-5-12-23-14-17)26-13-11-19-18(9-4-10-21(19)26)16-6-2-1-3-7-16/h1-4,6-7,9-10,15,17,23H,5,8,11-14H2. The van der Waals surface area contributed by atoms with Crippen molar-refractivity contribution in [3.8, 4) is 11.1 Å². The number of carbonyl (C=O) groups is 1. The highest BCUT2D eigenvalue weighted by atomic mass is 16.2. The van der Waals surface area contributed by atoms with Crippen LogP contribution in [0.15, 0.2) is 54.7 Å². The molecule has 5 rings (SSSR count). The molecule has 28 heavy (non-hydrogen) atoms. The summed E-state index contributed by atoms with van der Waals surface area (Å²) in [5.74, 6) is -0.0704. The molecule has 1 amide bonds. The molecular weight excluding hydrogens is 350 g/mol. The van der Waals surface area contributed by atoms with Crippen LogP contribution in [0.2, 0.25) is 0 Å². The highest BCUT2D eigenvalue weighted by molar-refractivity contribution is 6.06. The maximum Gasteiger partial charge on any atom is 0.280 e. The molecule has 0 bridgehead atoms. The minimum absolute atomic E-state index is 0.0704. The van der Waals surface area contributed by atoms with Crippen molar-refractivity contribution in [1.82, 2.24) is 20.3 Å². The first kappa shape index (κ1) is 17.1. The van der Waals surface area contributed by atoms with Crippen LogP contribution < -0.4 is 10.2 Å². The van der Waals surface area contributed by atoms with E-state index in [0.717, 1.165) is 38.0 Å². The molecule has 3 aromatic rings. The van der Waals surface area contributed by atoms with Crippen LogP contribution in [0.1, 0.15) is 34.9 Å². The molecule has 1 fully saturated rings. The number of nitrogens with one attached hydrogen (secondary N) is 1. The number of nitrogens with zero attached hydrogens (tertiary/aromatic N) is 4. The zero-order valence-corrected chi connectivity index (χ0v) is 15.7. The van der Waals surface area contributed by atoms with E-state index in [2.05, 4.69) is 33.8 Å². The Labute approximate surface area is 164 Å². The van der Waals surface area contributed by atoms with Crippen LogP contribution in [0.3, 0.4) is 0 Å². The van der Waals surface area contributed by atoms with E-state index >= 15 is 0 Å². The summed E-state index contributed by atoms with van der Waals surface area (Å²) < 4.78 is 1.84. The van der Waals surface area contributed by atoms with E-state index in [9.17, 15) is 4.79 Å². The number of benzene rings is 2. The molecule has 6 heteroatoms. The van der Waals surface area contributed by atoms with Gasteiger partial charge < -0.3 is 10.2 Å². The summed E-state index contributed by atoms with van der Waals surface area (Å²) in [6.07, 6.45) is 4.85. The summed E-state index contributed by atoms with van der Waals surface area (Å²) in [5.41, 5.74) is 5.02. The highest BCUT2D eigenvalue weighted by Crippen LogP contribution is 2.36. The number of amides is 1. The third kappa shape index (κ3) is 2.99. The van der Waals surface area contributed by atoms with Gasteiger partial charge in [-0.15, -0.1) is 5.10 Å². The molecule has 3 heterocycles. The van der Waals surface area contributed by atoms with Crippen LogP contribution in [-0.2, 0) is 6.42 Å². The van der Waals surface area contributed by atoms with Gasteiger partial charge in [0.25, 0.3) is 5.91 Å². The van der Waals surface area contributed by atoms with Gasteiger partial charge in [0.1, 0.15) is 0 Å². The van der Waals surface area contributed by atoms with Crippen LogP contribution in [0.25, 0.3) is 11.1 Å². The second-order valence-corrected chi connectivity index (χ2v) is 7.46. The first-order valence-corrected chi connectivity index (χ1v) is 9.93. The average molecular weight is 373 g/mol. The second-order valence-electron chi connectivity index (χ2n) is 7.46. The molecule has 2 aliphatic heterocycles. The number of carbonyl (C=O) groups excluding carboxylic acids is 1. The van der Waals surface area contributed by atoms with Crippen LogP contribution >= 0.6 is 0 Å². The summed E-state index contributed by atoms with van der Waals surface area (Å²) in [6, 6.07) is 16.8. The Morgan fingerprint density at radius 2 is 2.00 bits per heavy atom. The van der Waals surface area contributed by atoms with Crippen molar-refractivity contribution in [3.63, 3.8) is 0 Å². The number of fused-ring (bicyclic) bond motifs is 1. The molecule has 0 saturated carbocycles. The van der Waals surface area contributed by atoms with E-state index in [-0.39, 0.29) is 11.9 Å². The first-order valence-electron chi connectivity index (χ1n) is 9.93. The van der Waals surface area contributed by atoms with Gasteiger partial charge in [-0.25, -0.2) is 4.68 Å². The lowest BCUT2D eigenvalue weighted by Gasteiger charge is -2.22. The van der Waals surface area contributed by atoms with Crippen molar-refractivity contribution in [2.45, 2.75) is 25.3 Å². The second kappa shape index (κ2) is 7.20. The zero-order chi connectivity index (χ0) is 18.9. The number of aromatic nitrogens is 3. The number of hydrogen-bond acceptors (Lipinski definition) is 4. The van der Waals surface area contributed by atoms with E-state index < -0.39 is 0 Å². The summed E-state index contributed by atoms with van der Waals surface area (Å²) >= 11 is 0. The summed E-state index contributed by atoms with van der Waals surface area (Å²) in [4.78, 5) is 15.0. The summed E-state index contributed by atoms with van der Waals surface area (Å²) in [6.45, 7) is 2.60. The van der Waals surface area contributed by atoms with Gasteiger partial charge in [0.05, 0.1) is 12.2 Å². The van der Waals surface area contributed by atoms with Crippen LogP contribution in [0.5, 0.6) is 0 Å². The number of hydrogen-bond donors (Lipinski definition) is 1. The van der Waals surface area contributed by atoms with Gasteiger partial charge >= 0.3 is 0 Å². The Hall–Kier alpha value is -2.99. The third-order valence-corrected chi connectivity index (χ3v) is 5.73. The van der Waals surface area contributed by atoms with Gasteiger partial charge in [-0.3, -0.25) is 4.79 Å². The molecule has 0 spiro atoms. The largest absolute Gasteiger partial charge is 0.315 e. The number of anilines is 1. The average Bonchev–Trinajstić information content (AvgIpc) is 3.42. The Balaban J connectivity index is 1.42. The molecule has 1 saturated heterocycles. The SMILES string of the molecule is O=C(c1cn(C2CCCNC2)nn1)N1CCc2c(-c3ccccc3)cccc21. The third-order valence-electron chi connectivity index (χ3n) is 5.73. The van der Waals surface area contributed by atoms with E-state index in [4.69, 9.17) is 0 Å². The molecule has 2 aliphatic rings. The minimum atomic E-state index is -0.0704. The van der Waals surface area contributed by atoms with Gasteiger partial charge in [0, 0.05) is 18.8 Å². The maximum absolute atomic E-state index is 13.1. The van der Waals surface area contributed by atoms with E-state index in [1.807, 2.05) is 39.9 Å².